The molecule has 0 amide bonds. The van der Waals surface area contributed by atoms with E-state index in [4.69, 9.17) is 0 Å². The lowest BCUT2D eigenvalue weighted by Crippen LogP contribution is -2.34. The minimum absolute atomic E-state index is 0.116. The van der Waals surface area contributed by atoms with Crippen molar-refractivity contribution in [3.8, 4) is 11.5 Å². The molecule has 1 N–H and O–H groups in total. The van der Waals surface area contributed by atoms with E-state index < -0.39 is 17.3 Å². The number of benzene rings is 1. The fourth-order valence-corrected chi connectivity index (χ4v) is 3.87. The van der Waals surface area contributed by atoms with E-state index >= 15 is 0 Å². The second-order valence-corrected chi connectivity index (χ2v) is 8.06. The minimum Gasteiger partial charge on any atom is -0.359 e. The van der Waals surface area contributed by atoms with Crippen LogP contribution in [-0.2, 0) is 16.8 Å². The van der Waals surface area contributed by atoms with Gasteiger partial charge in [0, 0.05) is 22.7 Å². The Morgan fingerprint density at radius 1 is 1.19 bits per heavy atom. The maximum atomic E-state index is 14.2. The second kappa shape index (κ2) is 6.90. The van der Waals surface area contributed by atoms with E-state index in [0.717, 1.165) is 18.0 Å². The number of hydrogen-bond donors (Lipinski definition) is 1. The summed E-state index contributed by atoms with van der Waals surface area (Å²) in [5.74, 6) is -0.0953. The van der Waals surface area contributed by atoms with Gasteiger partial charge in [0.15, 0.2) is 11.5 Å². The Kier molecular flexibility index (Phi) is 4.28. The third kappa shape index (κ3) is 3.04. The maximum absolute atomic E-state index is 14.2. The fraction of sp³-hybridized carbons (Fsp3) is 0.227. The number of aldehydes is 1. The monoisotopic (exact) mass is 420 g/mol. The van der Waals surface area contributed by atoms with Crippen molar-refractivity contribution >= 4 is 23.1 Å². The standard InChI is InChI=1S/C22H18F2N6O/c1-22(2)15-9-25-20(28-19(15)27-17(22)11-31)18-14-7-13(23)8-26-21(14)30(29-18)10-12-5-3-4-6-16(12)24/h3-9,11,17H,10H2,1-2H3,(H,25,27,28). The summed E-state index contributed by atoms with van der Waals surface area (Å²) in [4.78, 5) is 24.6. The molecule has 0 saturated carbocycles. The smallest absolute Gasteiger partial charge is 0.182 e. The molecule has 3 aromatic heterocycles. The second-order valence-electron chi connectivity index (χ2n) is 8.06. The van der Waals surface area contributed by atoms with Crippen LogP contribution in [0.4, 0.5) is 14.6 Å². The molecule has 1 aliphatic heterocycles. The van der Waals surface area contributed by atoms with Crippen molar-refractivity contribution in [2.75, 3.05) is 5.32 Å². The molecule has 9 heteroatoms. The van der Waals surface area contributed by atoms with Gasteiger partial charge in [-0.1, -0.05) is 32.0 Å². The van der Waals surface area contributed by atoms with Crippen molar-refractivity contribution < 1.29 is 13.6 Å². The maximum Gasteiger partial charge on any atom is 0.182 e. The van der Waals surface area contributed by atoms with Gasteiger partial charge in [-0.3, -0.25) is 0 Å². The number of nitrogens with zero attached hydrogens (tertiary/aromatic N) is 5. The molecule has 0 bridgehead atoms. The van der Waals surface area contributed by atoms with Crippen LogP contribution in [0.1, 0.15) is 25.0 Å². The SMILES string of the molecule is CC1(C)c2cnc(-c3nn(Cc4ccccc4F)c4ncc(F)cc34)nc2NC1C=O. The highest BCUT2D eigenvalue weighted by Crippen LogP contribution is 2.39. The van der Waals surface area contributed by atoms with E-state index in [-0.39, 0.29) is 18.2 Å². The largest absolute Gasteiger partial charge is 0.359 e. The first-order valence-corrected chi connectivity index (χ1v) is 9.73. The van der Waals surface area contributed by atoms with Gasteiger partial charge in [0.05, 0.1) is 24.2 Å². The van der Waals surface area contributed by atoms with Crippen LogP contribution in [0.15, 0.2) is 42.7 Å². The van der Waals surface area contributed by atoms with Crippen molar-refractivity contribution in [2.45, 2.75) is 31.8 Å². The number of carbonyl (C=O) groups excluding carboxylic acids is 1. The van der Waals surface area contributed by atoms with Gasteiger partial charge < -0.3 is 10.1 Å². The molecule has 0 radical (unpaired) electrons. The number of carbonyl (C=O) groups is 1. The Morgan fingerprint density at radius 2 is 2.00 bits per heavy atom. The molecule has 1 atom stereocenters. The highest BCUT2D eigenvalue weighted by Gasteiger charge is 2.40. The van der Waals surface area contributed by atoms with Gasteiger partial charge in [0.1, 0.15) is 29.4 Å². The van der Waals surface area contributed by atoms with Gasteiger partial charge in [-0.05, 0) is 12.1 Å². The number of hydrogen-bond acceptors (Lipinski definition) is 6. The molecule has 4 heterocycles. The average molecular weight is 420 g/mol. The highest BCUT2D eigenvalue weighted by atomic mass is 19.1. The highest BCUT2D eigenvalue weighted by molar-refractivity contribution is 5.89. The number of fused-ring (bicyclic) bond motifs is 2. The Balaban J connectivity index is 1.64. The predicted octanol–water partition coefficient (Wildman–Crippen LogP) is 3.49. The molecule has 5 rings (SSSR count). The Labute approximate surface area is 176 Å². The molecule has 0 saturated heterocycles. The quantitative estimate of drug-likeness (QED) is 0.509. The Hall–Kier alpha value is -3.75. The lowest BCUT2D eigenvalue weighted by molar-refractivity contribution is -0.109. The van der Waals surface area contributed by atoms with E-state index in [2.05, 4.69) is 25.4 Å². The molecule has 1 aromatic carbocycles. The Bertz CT molecular complexity index is 1330. The van der Waals surface area contributed by atoms with Crippen molar-refractivity contribution in [1.29, 1.82) is 0 Å². The third-order valence-electron chi connectivity index (χ3n) is 5.73. The summed E-state index contributed by atoms with van der Waals surface area (Å²) in [6, 6.07) is 7.25. The van der Waals surface area contributed by atoms with Crippen LogP contribution in [-0.4, -0.2) is 37.1 Å². The zero-order valence-electron chi connectivity index (χ0n) is 16.8. The van der Waals surface area contributed by atoms with Crippen molar-refractivity contribution in [2.24, 2.45) is 0 Å². The van der Waals surface area contributed by atoms with Crippen molar-refractivity contribution in [3.63, 3.8) is 0 Å². The van der Waals surface area contributed by atoms with Gasteiger partial charge >= 0.3 is 0 Å². The number of aromatic nitrogens is 5. The fourth-order valence-electron chi connectivity index (χ4n) is 3.87. The molecule has 0 spiro atoms. The number of anilines is 1. The van der Waals surface area contributed by atoms with Gasteiger partial charge in [0.2, 0.25) is 0 Å². The number of pyridine rings is 1. The summed E-state index contributed by atoms with van der Waals surface area (Å²) in [7, 11) is 0. The van der Waals surface area contributed by atoms with E-state index in [1.807, 2.05) is 13.8 Å². The first kappa shape index (κ1) is 19.2. The van der Waals surface area contributed by atoms with Gasteiger partial charge in [-0.2, -0.15) is 5.10 Å². The molecule has 156 valence electrons. The summed E-state index contributed by atoms with van der Waals surface area (Å²) < 4.78 is 29.7. The molecular formula is C22H18F2N6O. The van der Waals surface area contributed by atoms with Crippen LogP contribution < -0.4 is 5.32 Å². The normalized spacial score (nSPS) is 16.8. The number of halogens is 2. The lowest BCUT2D eigenvalue weighted by Gasteiger charge is -2.21. The zero-order chi connectivity index (χ0) is 21.8. The van der Waals surface area contributed by atoms with Crippen LogP contribution in [0.2, 0.25) is 0 Å². The summed E-state index contributed by atoms with van der Waals surface area (Å²) >= 11 is 0. The first-order chi connectivity index (χ1) is 14.9. The van der Waals surface area contributed by atoms with Gasteiger partial charge in [0.25, 0.3) is 0 Å². The van der Waals surface area contributed by atoms with Crippen molar-refractivity contribution in [1.82, 2.24) is 24.7 Å². The first-order valence-electron chi connectivity index (χ1n) is 9.73. The van der Waals surface area contributed by atoms with E-state index in [1.54, 1.807) is 24.4 Å². The van der Waals surface area contributed by atoms with Crippen LogP contribution >= 0.6 is 0 Å². The molecule has 0 fully saturated rings. The summed E-state index contributed by atoms with van der Waals surface area (Å²) in [5.41, 5.74) is 1.50. The van der Waals surface area contributed by atoms with Crippen LogP contribution in [0.5, 0.6) is 0 Å². The number of rotatable bonds is 4. The van der Waals surface area contributed by atoms with E-state index in [9.17, 15) is 13.6 Å². The summed E-state index contributed by atoms with van der Waals surface area (Å²) in [6.45, 7) is 3.99. The molecule has 4 aromatic rings. The van der Waals surface area contributed by atoms with Gasteiger partial charge in [-0.15, -0.1) is 0 Å². The van der Waals surface area contributed by atoms with E-state index in [0.29, 0.717) is 28.1 Å². The summed E-state index contributed by atoms with van der Waals surface area (Å²) in [5, 5.41) is 8.06. The van der Waals surface area contributed by atoms with Crippen LogP contribution in [0, 0.1) is 11.6 Å². The number of nitrogens with one attached hydrogen (secondary N) is 1. The molecule has 1 aliphatic rings. The molecule has 0 aliphatic carbocycles. The third-order valence-corrected chi connectivity index (χ3v) is 5.73. The molecule has 1 unspecified atom stereocenters. The summed E-state index contributed by atoms with van der Waals surface area (Å²) in [6.07, 6.45) is 3.59. The van der Waals surface area contributed by atoms with Crippen molar-refractivity contribution in [3.05, 3.63) is 65.5 Å². The van der Waals surface area contributed by atoms with Gasteiger partial charge in [-0.25, -0.2) is 28.4 Å². The van der Waals surface area contributed by atoms with Crippen LogP contribution in [0.3, 0.4) is 0 Å². The van der Waals surface area contributed by atoms with E-state index in [1.165, 1.54) is 16.8 Å². The average Bonchev–Trinajstić information content (AvgIpc) is 3.23. The molecule has 7 nitrogen and oxygen atoms in total. The topological polar surface area (TPSA) is 85.6 Å². The Morgan fingerprint density at radius 3 is 2.77 bits per heavy atom. The van der Waals surface area contributed by atoms with Crippen LogP contribution in [0.25, 0.3) is 22.6 Å². The predicted molar refractivity (Wildman–Crippen MR) is 111 cm³/mol. The lowest BCUT2D eigenvalue weighted by atomic mass is 9.82. The zero-order valence-corrected chi connectivity index (χ0v) is 16.8. The minimum atomic E-state index is -0.527. The molecular weight excluding hydrogens is 402 g/mol. The molecule has 31 heavy (non-hydrogen) atoms.